The summed E-state index contributed by atoms with van der Waals surface area (Å²) >= 11 is 0. The molecule has 0 saturated heterocycles. The van der Waals surface area contributed by atoms with Crippen molar-refractivity contribution in [3.8, 4) is 0 Å². The van der Waals surface area contributed by atoms with Gasteiger partial charge in [-0.15, -0.1) is 0 Å². The molecule has 28 heavy (non-hydrogen) atoms. The number of hydrogen-bond donors (Lipinski definition) is 1. The third-order valence-corrected chi connectivity index (χ3v) is 4.30. The second-order valence-corrected chi connectivity index (χ2v) is 6.27. The smallest absolute Gasteiger partial charge is 0.416 e. The van der Waals surface area contributed by atoms with E-state index in [1.54, 1.807) is 24.5 Å². The van der Waals surface area contributed by atoms with E-state index in [9.17, 15) is 23.1 Å². The molecule has 0 fully saturated rings. The number of allylic oxidation sites excluding steroid dienone is 2. The highest BCUT2D eigenvalue weighted by Gasteiger charge is 2.30. The minimum absolute atomic E-state index is 0.174. The van der Waals surface area contributed by atoms with E-state index in [1.807, 2.05) is 6.08 Å². The Morgan fingerprint density at radius 2 is 1.82 bits per heavy atom. The van der Waals surface area contributed by atoms with Crippen molar-refractivity contribution < 1.29 is 23.1 Å². The fourth-order valence-electron chi connectivity index (χ4n) is 2.88. The lowest BCUT2D eigenvalue weighted by Crippen LogP contribution is -2.11. The quantitative estimate of drug-likeness (QED) is 0.785. The van der Waals surface area contributed by atoms with Gasteiger partial charge in [0.25, 0.3) is 0 Å². The van der Waals surface area contributed by atoms with Crippen LogP contribution in [0.5, 0.6) is 0 Å². The van der Waals surface area contributed by atoms with Gasteiger partial charge in [0.2, 0.25) is 0 Å². The second kappa shape index (κ2) is 8.21. The third-order valence-electron chi connectivity index (χ3n) is 4.30. The van der Waals surface area contributed by atoms with Crippen molar-refractivity contribution in [2.75, 3.05) is 0 Å². The maximum Gasteiger partial charge on any atom is 0.416 e. The zero-order valence-electron chi connectivity index (χ0n) is 14.8. The van der Waals surface area contributed by atoms with Gasteiger partial charge in [-0.1, -0.05) is 18.2 Å². The van der Waals surface area contributed by atoms with Gasteiger partial charge in [-0.05, 0) is 60.7 Å². The topological polar surface area (TPSA) is 62.5 Å². The molecule has 0 radical (unpaired) electrons. The minimum atomic E-state index is -4.42. The van der Waals surface area contributed by atoms with Crippen LogP contribution in [0.3, 0.4) is 0 Å². The fraction of sp³-hybridized carbons (Fsp3) is 0.190. The summed E-state index contributed by atoms with van der Waals surface area (Å²) in [6.45, 7) is 0. The van der Waals surface area contributed by atoms with Crippen LogP contribution in [-0.4, -0.2) is 21.8 Å². The first-order chi connectivity index (χ1) is 13.3. The summed E-state index contributed by atoms with van der Waals surface area (Å²) in [7, 11) is 0. The molecule has 0 unspecified atom stereocenters. The average molecular weight is 386 g/mol. The molecule has 1 aromatic carbocycles. The summed E-state index contributed by atoms with van der Waals surface area (Å²) in [4.78, 5) is 20.0. The number of rotatable bonds is 3. The average Bonchev–Trinajstić information content (AvgIpc) is 2.78. The van der Waals surface area contributed by atoms with E-state index >= 15 is 0 Å². The number of carboxylic acid groups (broad SMARTS) is 1. The predicted octanol–water partition coefficient (Wildman–Crippen LogP) is 5.23. The Morgan fingerprint density at radius 1 is 1.07 bits per heavy atom. The van der Waals surface area contributed by atoms with Crippen LogP contribution in [0.1, 0.15) is 36.0 Å². The largest absolute Gasteiger partial charge is 0.477 e. The van der Waals surface area contributed by atoms with Gasteiger partial charge in [0.15, 0.2) is 0 Å². The van der Waals surface area contributed by atoms with Crippen molar-refractivity contribution in [2.45, 2.75) is 25.4 Å². The third kappa shape index (κ3) is 4.73. The monoisotopic (exact) mass is 386 g/mol. The molecule has 2 heterocycles. The summed E-state index contributed by atoms with van der Waals surface area (Å²) in [5, 5.41) is 9.56. The molecule has 0 aliphatic carbocycles. The summed E-state index contributed by atoms with van der Waals surface area (Å²) in [5.74, 6) is -1.21. The molecular weight excluding hydrogens is 369 g/mol. The van der Waals surface area contributed by atoms with Crippen LogP contribution in [-0.2, 0) is 11.0 Å². The Bertz CT molecular complexity index is 944. The first kappa shape index (κ1) is 19.5. The lowest BCUT2D eigenvalue weighted by Gasteiger charge is -2.10. The van der Waals surface area contributed by atoms with E-state index in [2.05, 4.69) is 9.98 Å². The highest BCUT2D eigenvalue weighted by Crippen LogP contribution is 2.31. The van der Waals surface area contributed by atoms with Crippen LogP contribution < -0.4 is 0 Å². The molecule has 3 rings (SSSR count). The molecule has 1 aliphatic heterocycles. The number of pyridine rings is 1. The van der Waals surface area contributed by atoms with E-state index in [1.165, 1.54) is 18.2 Å². The zero-order valence-corrected chi connectivity index (χ0v) is 14.8. The predicted molar refractivity (Wildman–Crippen MR) is 101 cm³/mol. The van der Waals surface area contributed by atoms with Crippen molar-refractivity contribution >= 4 is 23.0 Å². The van der Waals surface area contributed by atoms with Crippen LogP contribution in [0.4, 0.5) is 13.2 Å². The van der Waals surface area contributed by atoms with Crippen LogP contribution in [0.25, 0.3) is 11.3 Å². The standard InChI is InChI=1S/C21H17F3N2O2/c22-21(23,24)17-9-7-14(8-10-17)15-4-1-2-6-18(16-5-3-11-25-13-16)26-19(12-15)20(27)28/h3,5-13H,1-2,4H2,(H,27,28)/b15-12?,18-6-,26-19?. The second-order valence-electron chi connectivity index (χ2n) is 6.27. The number of aliphatic imine (C=N–C) groups is 1. The Balaban J connectivity index is 2.01. The number of aliphatic carboxylic acids is 1. The normalized spacial score (nSPS) is 17.3. The molecule has 1 N–H and O–H groups in total. The Morgan fingerprint density at radius 3 is 2.43 bits per heavy atom. The zero-order chi connectivity index (χ0) is 20.1. The van der Waals surface area contributed by atoms with Gasteiger partial charge < -0.3 is 5.11 Å². The lowest BCUT2D eigenvalue weighted by atomic mass is 9.97. The summed E-state index contributed by atoms with van der Waals surface area (Å²) in [5.41, 5.74) is 1.48. The van der Waals surface area contributed by atoms with Gasteiger partial charge in [-0.2, -0.15) is 13.2 Å². The van der Waals surface area contributed by atoms with Gasteiger partial charge in [0, 0.05) is 18.0 Å². The number of nitrogens with zero attached hydrogens (tertiary/aromatic N) is 2. The highest BCUT2D eigenvalue weighted by atomic mass is 19.4. The number of aromatic nitrogens is 1. The van der Waals surface area contributed by atoms with E-state index in [-0.39, 0.29) is 5.71 Å². The molecule has 4 nitrogen and oxygen atoms in total. The molecule has 2 aromatic rings. The van der Waals surface area contributed by atoms with Gasteiger partial charge in [-0.25, -0.2) is 9.79 Å². The Hall–Kier alpha value is -3.22. The number of carbonyl (C=O) groups is 1. The molecule has 1 aliphatic rings. The van der Waals surface area contributed by atoms with Crippen molar-refractivity contribution in [1.82, 2.24) is 4.98 Å². The molecular formula is C21H17F3N2O2. The summed E-state index contributed by atoms with van der Waals surface area (Å²) in [6.07, 6.45) is 3.97. The number of hydrogen-bond acceptors (Lipinski definition) is 3. The maximum absolute atomic E-state index is 12.8. The molecule has 0 amide bonds. The van der Waals surface area contributed by atoms with Crippen LogP contribution >= 0.6 is 0 Å². The van der Waals surface area contributed by atoms with Crippen molar-refractivity contribution in [2.24, 2.45) is 4.99 Å². The summed E-state index contributed by atoms with van der Waals surface area (Å²) < 4.78 is 38.3. The van der Waals surface area contributed by atoms with Crippen LogP contribution in [0.15, 0.2) is 65.9 Å². The van der Waals surface area contributed by atoms with Crippen LogP contribution in [0.2, 0.25) is 0 Å². The van der Waals surface area contributed by atoms with Crippen molar-refractivity contribution in [1.29, 1.82) is 0 Å². The van der Waals surface area contributed by atoms with Gasteiger partial charge in [0.05, 0.1) is 11.3 Å². The lowest BCUT2D eigenvalue weighted by molar-refractivity contribution is -0.137. The molecule has 0 bridgehead atoms. The number of alkyl halides is 3. The van der Waals surface area contributed by atoms with E-state index in [0.717, 1.165) is 12.1 Å². The van der Waals surface area contributed by atoms with Gasteiger partial charge in [0.1, 0.15) is 5.71 Å². The van der Waals surface area contributed by atoms with Crippen molar-refractivity contribution in [3.05, 3.63) is 77.6 Å². The minimum Gasteiger partial charge on any atom is -0.477 e. The first-order valence-corrected chi connectivity index (χ1v) is 8.65. The molecule has 0 atom stereocenters. The van der Waals surface area contributed by atoms with Gasteiger partial charge in [-0.3, -0.25) is 4.98 Å². The molecule has 1 aromatic heterocycles. The number of halogens is 3. The Kier molecular flexibility index (Phi) is 5.73. The van der Waals surface area contributed by atoms with E-state index in [4.69, 9.17) is 0 Å². The SMILES string of the molecule is O=C(O)C1=N/C(c2cccnc2)=C\CCCC(c2ccc(C(F)(F)F)cc2)=C1. The van der Waals surface area contributed by atoms with E-state index < -0.39 is 17.7 Å². The molecule has 0 saturated carbocycles. The fourth-order valence-corrected chi connectivity index (χ4v) is 2.88. The summed E-state index contributed by atoms with van der Waals surface area (Å²) in [6, 6.07) is 8.25. The first-order valence-electron chi connectivity index (χ1n) is 8.65. The van der Waals surface area contributed by atoms with Gasteiger partial charge >= 0.3 is 12.1 Å². The van der Waals surface area contributed by atoms with Crippen LogP contribution in [0, 0.1) is 0 Å². The highest BCUT2D eigenvalue weighted by molar-refractivity contribution is 6.42. The van der Waals surface area contributed by atoms with Crippen molar-refractivity contribution in [3.63, 3.8) is 0 Å². The number of benzene rings is 1. The maximum atomic E-state index is 12.8. The molecule has 0 spiro atoms. The Labute approximate surface area is 159 Å². The number of carboxylic acids is 1. The van der Waals surface area contributed by atoms with E-state index in [0.29, 0.717) is 41.7 Å². The molecule has 7 heteroatoms. The molecule has 144 valence electrons.